The Labute approximate surface area is 174 Å². The molecular weight excluding hydrogens is 416 g/mol. The third-order valence-electron chi connectivity index (χ3n) is 3.64. The highest BCUT2D eigenvalue weighted by atomic mass is 16.6. The Bertz CT molecular complexity index is 989. The molecule has 0 unspecified atom stereocenters. The number of ether oxygens (including phenoxy) is 2. The summed E-state index contributed by atoms with van der Waals surface area (Å²) < 4.78 is 10.0. The average molecular weight is 432 g/mol. The summed E-state index contributed by atoms with van der Waals surface area (Å²) in [6.45, 7) is 1.40. The van der Waals surface area contributed by atoms with Crippen LogP contribution in [0.5, 0.6) is 5.75 Å². The maximum atomic E-state index is 12.1. The molecular formula is C18H16N4O9. The van der Waals surface area contributed by atoms with Crippen molar-refractivity contribution in [2.45, 2.75) is 6.92 Å². The number of nitrogens with zero attached hydrogens (tertiary/aromatic N) is 2. The van der Waals surface area contributed by atoms with Crippen molar-refractivity contribution in [1.82, 2.24) is 10.9 Å². The van der Waals surface area contributed by atoms with E-state index >= 15 is 0 Å². The lowest BCUT2D eigenvalue weighted by Gasteiger charge is -2.09. The summed E-state index contributed by atoms with van der Waals surface area (Å²) in [5.41, 5.74) is 2.60. The zero-order valence-corrected chi connectivity index (χ0v) is 16.0. The van der Waals surface area contributed by atoms with Gasteiger partial charge in [-0.3, -0.25) is 40.7 Å². The Morgan fingerprint density at radius 2 is 1.48 bits per heavy atom. The molecule has 13 nitrogen and oxygen atoms in total. The molecule has 2 aromatic carbocycles. The van der Waals surface area contributed by atoms with E-state index in [2.05, 4.69) is 0 Å². The van der Waals surface area contributed by atoms with E-state index in [0.717, 1.165) is 12.1 Å². The minimum atomic E-state index is -1.00. The number of benzene rings is 2. The SMILES string of the molecule is CCOC(=O)c1ccc(OCC(=O)NNC(=O)c2cc([N+](=O)[O-])cc([N+](=O)[O-])c2)cc1. The number of nitrogens with one attached hydrogen (secondary N) is 2. The average Bonchev–Trinajstić information content (AvgIpc) is 2.76. The van der Waals surface area contributed by atoms with E-state index in [0.29, 0.717) is 11.6 Å². The van der Waals surface area contributed by atoms with Crippen molar-refractivity contribution in [3.8, 4) is 5.75 Å². The normalized spacial score (nSPS) is 9.97. The molecule has 2 rings (SSSR count). The van der Waals surface area contributed by atoms with Crippen LogP contribution >= 0.6 is 0 Å². The molecule has 13 heteroatoms. The number of rotatable bonds is 8. The predicted octanol–water partition coefficient (Wildman–Crippen LogP) is 1.52. The number of carbonyl (C=O) groups excluding carboxylic acids is 3. The van der Waals surface area contributed by atoms with E-state index in [9.17, 15) is 34.6 Å². The van der Waals surface area contributed by atoms with Crippen LogP contribution in [0.25, 0.3) is 0 Å². The highest BCUT2D eigenvalue weighted by Gasteiger charge is 2.20. The van der Waals surface area contributed by atoms with Crippen LogP contribution in [0.15, 0.2) is 42.5 Å². The summed E-state index contributed by atoms with van der Waals surface area (Å²) in [5, 5.41) is 21.7. The molecule has 2 amide bonds. The van der Waals surface area contributed by atoms with Crippen LogP contribution in [-0.4, -0.2) is 40.8 Å². The van der Waals surface area contributed by atoms with Crippen molar-refractivity contribution >= 4 is 29.2 Å². The maximum Gasteiger partial charge on any atom is 0.338 e. The summed E-state index contributed by atoms with van der Waals surface area (Å²) in [7, 11) is 0. The second kappa shape index (κ2) is 10.3. The van der Waals surface area contributed by atoms with Crippen molar-refractivity contribution < 1.29 is 33.7 Å². The third kappa shape index (κ3) is 6.49. The Hall–Kier alpha value is -4.55. The molecule has 0 radical (unpaired) electrons. The van der Waals surface area contributed by atoms with Gasteiger partial charge >= 0.3 is 5.97 Å². The van der Waals surface area contributed by atoms with Crippen LogP contribution in [0.2, 0.25) is 0 Å². The van der Waals surface area contributed by atoms with Gasteiger partial charge in [0.05, 0.1) is 33.6 Å². The molecule has 2 aromatic rings. The minimum absolute atomic E-state index is 0.229. The first-order chi connectivity index (χ1) is 14.7. The Balaban J connectivity index is 1.91. The van der Waals surface area contributed by atoms with E-state index in [-0.39, 0.29) is 12.4 Å². The number of esters is 1. The molecule has 0 aromatic heterocycles. The molecule has 0 fully saturated rings. The number of nitro groups is 2. The van der Waals surface area contributed by atoms with E-state index < -0.39 is 51.2 Å². The second-order valence-corrected chi connectivity index (χ2v) is 5.79. The Morgan fingerprint density at radius 1 is 0.903 bits per heavy atom. The predicted molar refractivity (Wildman–Crippen MR) is 103 cm³/mol. The highest BCUT2D eigenvalue weighted by Crippen LogP contribution is 2.22. The molecule has 162 valence electrons. The maximum absolute atomic E-state index is 12.1. The fourth-order valence-electron chi connectivity index (χ4n) is 2.22. The number of hydrazine groups is 1. The van der Waals surface area contributed by atoms with Crippen molar-refractivity contribution in [3.05, 3.63) is 73.8 Å². The molecule has 2 N–H and O–H groups in total. The number of amides is 2. The summed E-state index contributed by atoms with van der Waals surface area (Å²) in [6.07, 6.45) is 0. The van der Waals surface area contributed by atoms with Crippen molar-refractivity contribution in [2.24, 2.45) is 0 Å². The number of hydrogen-bond donors (Lipinski definition) is 2. The molecule has 0 atom stereocenters. The topological polar surface area (TPSA) is 180 Å². The minimum Gasteiger partial charge on any atom is -0.484 e. The molecule has 0 saturated heterocycles. The molecule has 0 aliphatic carbocycles. The van der Waals surface area contributed by atoms with Crippen molar-refractivity contribution in [2.75, 3.05) is 13.2 Å². The van der Waals surface area contributed by atoms with Gasteiger partial charge in [0.25, 0.3) is 23.2 Å². The van der Waals surface area contributed by atoms with Crippen LogP contribution in [0.3, 0.4) is 0 Å². The highest BCUT2D eigenvalue weighted by molar-refractivity contribution is 5.96. The molecule has 31 heavy (non-hydrogen) atoms. The zero-order chi connectivity index (χ0) is 23.0. The molecule has 0 aliphatic heterocycles. The Morgan fingerprint density at radius 3 is 2.00 bits per heavy atom. The lowest BCUT2D eigenvalue weighted by Crippen LogP contribution is -2.43. The standard InChI is InChI=1S/C18H16N4O9/c1-2-30-18(25)11-3-5-15(6-4-11)31-10-16(23)19-20-17(24)12-7-13(21(26)27)9-14(8-12)22(28)29/h3-9H,2,10H2,1H3,(H,19,23)(H,20,24). The van der Waals surface area contributed by atoms with Crippen molar-refractivity contribution in [3.63, 3.8) is 0 Å². The molecule has 0 aliphatic rings. The first kappa shape index (κ1) is 22.7. The first-order valence-corrected chi connectivity index (χ1v) is 8.64. The van der Waals surface area contributed by atoms with Gasteiger partial charge in [0, 0.05) is 12.1 Å². The van der Waals surface area contributed by atoms with Crippen LogP contribution in [0, 0.1) is 20.2 Å². The van der Waals surface area contributed by atoms with E-state index in [1.165, 1.54) is 24.3 Å². The fraction of sp³-hybridized carbons (Fsp3) is 0.167. The number of carbonyl (C=O) groups is 3. The van der Waals surface area contributed by atoms with Gasteiger partial charge in [0.1, 0.15) is 5.75 Å². The van der Waals surface area contributed by atoms with E-state index in [4.69, 9.17) is 9.47 Å². The number of nitro benzene ring substituents is 2. The second-order valence-electron chi connectivity index (χ2n) is 5.79. The zero-order valence-electron chi connectivity index (χ0n) is 16.0. The lowest BCUT2D eigenvalue weighted by atomic mass is 10.1. The quantitative estimate of drug-likeness (QED) is 0.355. The van der Waals surface area contributed by atoms with Crippen LogP contribution in [-0.2, 0) is 9.53 Å². The van der Waals surface area contributed by atoms with Crippen LogP contribution < -0.4 is 15.6 Å². The number of hydrogen-bond acceptors (Lipinski definition) is 9. The Kier molecular flexibility index (Phi) is 7.55. The molecule has 0 spiro atoms. The van der Waals surface area contributed by atoms with Gasteiger partial charge in [0.15, 0.2) is 6.61 Å². The van der Waals surface area contributed by atoms with Crippen LogP contribution in [0.1, 0.15) is 27.6 Å². The summed E-state index contributed by atoms with van der Waals surface area (Å²) in [5.74, 6) is -2.01. The van der Waals surface area contributed by atoms with E-state index in [1.807, 2.05) is 10.9 Å². The summed E-state index contributed by atoms with van der Waals surface area (Å²) in [6, 6.07) is 8.15. The monoisotopic (exact) mass is 432 g/mol. The van der Waals surface area contributed by atoms with E-state index in [1.54, 1.807) is 6.92 Å². The van der Waals surface area contributed by atoms with Gasteiger partial charge in [-0.15, -0.1) is 0 Å². The summed E-state index contributed by atoms with van der Waals surface area (Å²) in [4.78, 5) is 55.4. The van der Waals surface area contributed by atoms with Crippen molar-refractivity contribution in [1.29, 1.82) is 0 Å². The largest absolute Gasteiger partial charge is 0.484 e. The smallest absolute Gasteiger partial charge is 0.338 e. The van der Waals surface area contributed by atoms with Gasteiger partial charge in [-0.1, -0.05) is 0 Å². The first-order valence-electron chi connectivity index (χ1n) is 8.64. The van der Waals surface area contributed by atoms with Gasteiger partial charge in [-0.25, -0.2) is 4.79 Å². The fourth-order valence-corrected chi connectivity index (χ4v) is 2.22. The van der Waals surface area contributed by atoms with Gasteiger partial charge in [-0.2, -0.15) is 0 Å². The van der Waals surface area contributed by atoms with Gasteiger partial charge in [-0.05, 0) is 31.2 Å². The lowest BCUT2D eigenvalue weighted by molar-refractivity contribution is -0.394. The number of non-ortho nitro benzene ring substituents is 2. The van der Waals surface area contributed by atoms with Crippen LogP contribution in [0.4, 0.5) is 11.4 Å². The molecule has 0 bridgehead atoms. The third-order valence-corrected chi connectivity index (χ3v) is 3.64. The van der Waals surface area contributed by atoms with Gasteiger partial charge in [0.2, 0.25) is 0 Å². The summed E-state index contributed by atoms with van der Waals surface area (Å²) >= 11 is 0. The molecule has 0 heterocycles. The molecule has 0 saturated carbocycles. The van der Waals surface area contributed by atoms with Gasteiger partial charge < -0.3 is 9.47 Å².